The van der Waals surface area contributed by atoms with Gasteiger partial charge in [0.15, 0.2) is 0 Å². The molecule has 100 valence electrons. The van der Waals surface area contributed by atoms with Gasteiger partial charge in [0, 0.05) is 13.1 Å². The molecule has 1 saturated carbocycles. The number of carbonyl (C=O) groups excluding carboxylic acids is 2. The van der Waals surface area contributed by atoms with Crippen LogP contribution in [-0.2, 0) is 9.59 Å². The van der Waals surface area contributed by atoms with E-state index in [1.54, 1.807) is 0 Å². The molecule has 0 atom stereocenters. The first-order chi connectivity index (χ1) is 8.65. The maximum absolute atomic E-state index is 11.0. The zero-order valence-corrected chi connectivity index (χ0v) is 10.8. The number of hydrogen-bond donors (Lipinski definition) is 2. The maximum Gasteiger partial charge on any atom is 0.243 e. The van der Waals surface area contributed by atoms with Gasteiger partial charge in [0.2, 0.25) is 11.8 Å². The Bertz CT molecular complexity index is 286. The van der Waals surface area contributed by atoms with E-state index in [2.05, 4.69) is 23.8 Å². The van der Waals surface area contributed by atoms with Crippen molar-refractivity contribution in [3.63, 3.8) is 0 Å². The quantitative estimate of drug-likeness (QED) is 0.700. The third-order valence-electron chi connectivity index (χ3n) is 3.47. The molecule has 0 bridgehead atoms. The Morgan fingerprint density at radius 1 is 0.889 bits per heavy atom. The van der Waals surface area contributed by atoms with Crippen LogP contribution >= 0.6 is 0 Å². The number of hydrogen-bond acceptors (Lipinski definition) is 2. The average Bonchev–Trinajstić information content (AvgIpc) is 2.43. The van der Waals surface area contributed by atoms with Crippen LogP contribution in [0.5, 0.6) is 0 Å². The van der Waals surface area contributed by atoms with Gasteiger partial charge >= 0.3 is 0 Å². The fourth-order valence-corrected chi connectivity index (χ4v) is 2.27. The molecule has 1 fully saturated rings. The fourth-order valence-electron chi connectivity index (χ4n) is 2.27. The highest BCUT2D eigenvalue weighted by Crippen LogP contribution is 2.27. The molecule has 0 heterocycles. The zero-order chi connectivity index (χ0) is 13.4. The van der Waals surface area contributed by atoms with Crippen molar-refractivity contribution in [2.45, 2.75) is 25.7 Å². The van der Waals surface area contributed by atoms with E-state index in [9.17, 15) is 9.59 Å². The van der Waals surface area contributed by atoms with E-state index in [0.717, 1.165) is 38.8 Å². The predicted octanol–water partition coefficient (Wildman–Crippen LogP) is 1.40. The molecule has 0 aromatic carbocycles. The van der Waals surface area contributed by atoms with Crippen LogP contribution in [0.1, 0.15) is 25.7 Å². The molecule has 2 amide bonds. The third kappa shape index (κ3) is 5.17. The molecular weight excluding hydrogens is 228 g/mol. The highest BCUT2D eigenvalue weighted by molar-refractivity contribution is 5.87. The van der Waals surface area contributed by atoms with Crippen LogP contribution in [-0.4, -0.2) is 24.9 Å². The summed E-state index contributed by atoms with van der Waals surface area (Å²) in [7, 11) is 0. The van der Waals surface area contributed by atoms with Crippen molar-refractivity contribution in [3.8, 4) is 0 Å². The highest BCUT2D eigenvalue weighted by Gasteiger charge is 2.21. The topological polar surface area (TPSA) is 58.2 Å². The fraction of sp³-hybridized carbons (Fsp3) is 0.571. The lowest BCUT2D eigenvalue weighted by Gasteiger charge is -2.28. The van der Waals surface area contributed by atoms with Gasteiger partial charge in [0.1, 0.15) is 0 Å². The number of carbonyl (C=O) groups is 2. The Hall–Kier alpha value is -1.58. The lowest BCUT2D eigenvalue weighted by atomic mass is 9.82. The Morgan fingerprint density at radius 2 is 1.22 bits per heavy atom. The second-order valence-corrected chi connectivity index (χ2v) is 4.79. The van der Waals surface area contributed by atoms with Crippen LogP contribution in [0.15, 0.2) is 25.3 Å². The second kappa shape index (κ2) is 7.69. The van der Waals surface area contributed by atoms with Crippen molar-refractivity contribution in [1.29, 1.82) is 0 Å². The summed E-state index contributed by atoms with van der Waals surface area (Å²) >= 11 is 0. The van der Waals surface area contributed by atoms with Crippen LogP contribution < -0.4 is 10.6 Å². The summed E-state index contributed by atoms with van der Waals surface area (Å²) in [5.74, 6) is 0.909. The maximum atomic E-state index is 11.0. The molecule has 0 spiro atoms. The van der Waals surface area contributed by atoms with Gasteiger partial charge in [-0.15, -0.1) is 0 Å². The van der Waals surface area contributed by atoms with Gasteiger partial charge < -0.3 is 10.6 Å². The minimum absolute atomic E-state index is 0.102. The molecule has 0 aliphatic heterocycles. The van der Waals surface area contributed by atoms with E-state index in [1.165, 1.54) is 12.2 Å². The average molecular weight is 250 g/mol. The molecule has 1 aliphatic carbocycles. The molecule has 2 N–H and O–H groups in total. The van der Waals surface area contributed by atoms with E-state index in [1.807, 2.05) is 0 Å². The zero-order valence-electron chi connectivity index (χ0n) is 10.8. The van der Waals surface area contributed by atoms with Crippen LogP contribution in [0.25, 0.3) is 0 Å². The van der Waals surface area contributed by atoms with Gasteiger partial charge in [-0.2, -0.15) is 0 Å². The third-order valence-corrected chi connectivity index (χ3v) is 3.47. The van der Waals surface area contributed by atoms with Crippen molar-refractivity contribution >= 4 is 11.8 Å². The molecule has 1 aliphatic rings. The number of rotatable bonds is 6. The van der Waals surface area contributed by atoms with Crippen LogP contribution in [0.3, 0.4) is 0 Å². The Balaban J connectivity index is 2.16. The summed E-state index contributed by atoms with van der Waals surface area (Å²) in [6.07, 6.45) is 7.02. The van der Waals surface area contributed by atoms with Gasteiger partial charge in [-0.3, -0.25) is 9.59 Å². The summed E-state index contributed by atoms with van der Waals surface area (Å²) < 4.78 is 0. The van der Waals surface area contributed by atoms with Crippen LogP contribution in [0.2, 0.25) is 0 Å². The van der Waals surface area contributed by atoms with Gasteiger partial charge in [0.25, 0.3) is 0 Å². The molecule has 4 heteroatoms. The number of amides is 2. The van der Waals surface area contributed by atoms with Crippen LogP contribution in [0.4, 0.5) is 0 Å². The van der Waals surface area contributed by atoms with Gasteiger partial charge in [-0.05, 0) is 49.7 Å². The summed E-state index contributed by atoms with van der Waals surface area (Å²) in [6, 6.07) is 0. The Morgan fingerprint density at radius 3 is 1.50 bits per heavy atom. The smallest absolute Gasteiger partial charge is 0.243 e. The Kier molecular flexibility index (Phi) is 6.19. The van der Waals surface area contributed by atoms with E-state index < -0.39 is 0 Å². The van der Waals surface area contributed by atoms with Crippen molar-refractivity contribution < 1.29 is 9.59 Å². The molecule has 4 nitrogen and oxygen atoms in total. The summed E-state index contributed by atoms with van der Waals surface area (Å²) in [5.41, 5.74) is 0. The molecule has 18 heavy (non-hydrogen) atoms. The van der Waals surface area contributed by atoms with Crippen molar-refractivity contribution in [2.75, 3.05) is 13.1 Å². The molecule has 0 saturated heterocycles. The normalized spacial score (nSPS) is 22.9. The summed E-state index contributed by atoms with van der Waals surface area (Å²) in [5, 5.41) is 5.67. The lowest BCUT2D eigenvalue weighted by molar-refractivity contribution is -0.117. The Labute approximate surface area is 109 Å². The van der Waals surface area contributed by atoms with Crippen molar-refractivity contribution in [1.82, 2.24) is 10.6 Å². The van der Waals surface area contributed by atoms with Crippen molar-refractivity contribution in [3.05, 3.63) is 25.3 Å². The molecule has 0 radical (unpaired) electrons. The summed E-state index contributed by atoms with van der Waals surface area (Å²) in [4.78, 5) is 22.1. The predicted molar refractivity (Wildman–Crippen MR) is 71.9 cm³/mol. The lowest BCUT2D eigenvalue weighted by Crippen LogP contribution is -2.33. The van der Waals surface area contributed by atoms with E-state index in [-0.39, 0.29) is 11.8 Å². The van der Waals surface area contributed by atoms with E-state index >= 15 is 0 Å². The van der Waals surface area contributed by atoms with Crippen LogP contribution in [0, 0.1) is 11.8 Å². The molecule has 0 aromatic heterocycles. The first-order valence-electron chi connectivity index (χ1n) is 6.46. The molecule has 1 rings (SSSR count). The van der Waals surface area contributed by atoms with Gasteiger partial charge in [-0.25, -0.2) is 0 Å². The first-order valence-corrected chi connectivity index (χ1v) is 6.46. The molecule has 0 aromatic rings. The first kappa shape index (κ1) is 14.5. The molecular formula is C14H22N2O2. The summed E-state index contributed by atoms with van der Waals surface area (Å²) in [6.45, 7) is 8.32. The van der Waals surface area contributed by atoms with Gasteiger partial charge in [-0.1, -0.05) is 13.2 Å². The van der Waals surface area contributed by atoms with Crippen molar-refractivity contribution in [2.24, 2.45) is 11.8 Å². The SMILES string of the molecule is C=CC(=O)NCC1CCC(CNC(=O)C=C)CC1. The standard InChI is InChI=1S/C14H22N2O2/c1-3-13(17)15-9-11-5-7-12(8-6-11)10-16-14(18)4-2/h3-4,11-12H,1-2,5-10H2,(H,15,17)(H,16,18). The largest absolute Gasteiger partial charge is 0.352 e. The highest BCUT2D eigenvalue weighted by atomic mass is 16.2. The minimum Gasteiger partial charge on any atom is -0.352 e. The second-order valence-electron chi connectivity index (χ2n) is 4.79. The monoisotopic (exact) mass is 250 g/mol. The van der Waals surface area contributed by atoms with E-state index in [4.69, 9.17) is 0 Å². The number of nitrogens with one attached hydrogen (secondary N) is 2. The minimum atomic E-state index is -0.102. The van der Waals surface area contributed by atoms with Gasteiger partial charge in [0.05, 0.1) is 0 Å². The van der Waals surface area contributed by atoms with E-state index in [0.29, 0.717) is 11.8 Å². The molecule has 0 unspecified atom stereocenters.